The molecule has 0 bridgehead atoms. The second-order valence-corrected chi connectivity index (χ2v) is 4.78. The molecule has 2 nitrogen and oxygen atoms in total. The summed E-state index contributed by atoms with van der Waals surface area (Å²) in [6.07, 6.45) is 0.962. The summed E-state index contributed by atoms with van der Waals surface area (Å²) in [6, 6.07) is 5.96. The van der Waals surface area contributed by atoms with Crippen molar-refractivity contribution >= 4 is 26.9 Å². The average Bonchev–Trinajstić information content (AvgIpc) is 2.47. The molecule has 14 heavy (non-hydrogen) atoms. The number of hydrogen-bond acceptors (Lipinski definition) is 2. The van der Waals surface area contributed by atoms with Crippen molar-refractivity contribution < 1.29 is 4.52 Å². The summed E-state index contributed by atoms with van der Waals surface area (Å²) >= 11 is 3.45. The monoisotopic (exact) mass is 253 g/mol. The molecular weight excluding hydrogens is 242 g/mol. The normalized spacial score (nSPS) is 11.4. The van der Waals surface area contributed by atoms with Crippen LogP contribution in [-0.2, 0) is 6.42 Å². The molecule has 0 aliphatic carbocycles. The second-order valence-electron chi connectivity index (χ2n) is 3.87. The van der Waals surface area contributed by atoms with Crippen molar-refractivity contribution in [2.75, 3.05) is 0 Å². The molecule has 0 radical (unpaired) electrons. The zero-order valence-electron chi connectivity index (χ0n) is 8.25. The van der Waals surface area contributed by atoms with Gasteiger partial charge >= 0.3 is 0 Å². The Balaban J connectivity index is 2.50. The number of hydrogen-bond donors (Lipinski definition) is 0. The molecule has 1 aromatic heterocycles. The largest absolute Gasteiger partial charge is 0.356 e. The number of aromatic nitrogens is 1. The molecule has 0 saturated heterocycles. The summed E-state index contributed by atoms with van der Waals surface area (Å²) in [5, 5.41) is 5.20. The number of halogens is 1. The van der Waals surface area contributed by atoms with Crippen LogP contribution >= 0.6 is 15.9 Å². The molecule has 0 aliphatic rings. The fraction of sp³-hybridized carbons (Fsp3) is 0.364. The van der Waals surface area contributed by atoms with Crippen molar-refractivity contribution in [3.63, 3.8) is 0 Å². The van der Waals surface area contributed by atoms with Crippen LogP contribution in [0.25, 0.3) is 11.0 Å². The van der Waals surface area contributed by atoms with Crippen LogP contribution < -0.4 is 0 Å². The molecule has 0 spiro atoms. The second kappa shape index (κ2) is 3.73. The van der Waals surface area contributed by atoms with Crippen LogP contribution in [-0.4, -0.2) is 5.16 Å². The third kappa shape index (κ3) is 1.82. The van der Waals surface area contributed by atoms with Crippen molar-refractivity contribution in [3.05, 3.63) is 28.4 Å². The highest BCUT2D eigenvalue weighted by molar-refractivity contribution is 9.10. The standard InChI is InChI=1S/C11H12BrNO/c1-7(2)5-10-9-6-8(12)3-4-11(9)14-13-10/h3-4,6-7H,5H2,1-2H3. The van der Waals surface area contributed by atoms with Crippen LogP contribution in [0.3, 0.4) is 0 Å². The zero-order chi connectivity index (χ0) is 10.1. The lowest BCUT2D eigenvalue weighted by Gasteiger charge is -1.99. The lowest BCUT2D eigenvalue weighted by molar-refractivity contribution is 0.439. The highest BCUT2D eigenvalue weighted by Gasteiger charge is 2.09. The van der Waals surface area contributed by atoms with Crippen LogP contribution in [0.15, 0.2) is 27.2 Å². The van der Waals surface area contributed by atoms with Gasteiger partial charge in [-0.2, -0.15) is 0 Å². The van der Waals surface area contributed by atoms with E-state index < -0.39 is 0 Å². The predicted octanol–water partition coefficient (Wildman–Crippen LogP) is 3.79. The minimum Gasteiger partial charge on any atom is -0.356 e. The Morgan fingerprint density at radius 1 is 1.43 bits per heavy atom. The highest BCUT2D eigenvalue weighted by Crippen LogP contribution is 2.24. The summed E-state index contributed by atoms with van der Waals surface area (Å²) in [4.78, 5) is 0. The van der Waals surface area contributed by atoms with Crippen LogP contribution in [0, 0.1) is 5.92 Å². The van der Waals surface area contributed by atoms with Crippen molar-refractivity contribution in [2.45, 2.75) is 20.3 Å². The molecule has 0 fully saturated rings. The van der Waals surface area contributed by atoms with Gasteiger partial charge in [-0.25, -0.2) is 0 Å². The summed E-state index contributed by atoms with van der Waals surface area (Å²) in [7, 11) is 0. The van der Waals surface area contributed by atoms with Crippen LogP contribution in [0.5, 0.6) is 0 Å². The van der Waals surface area contributed by atoms with Gasteiger partial charge in [0, 0.05) is 9.86 Å². The van der Waals surface area contributed by atoms with E-state index in [0.717, 1.165) is 27.6 Å². The van der Waals surface area contributed by atoms with Gasteiger partial charge < -0.3 is 4.52 Å². The van der Waals surface area contributed by atoms with Gasteiger partial charge in [-0.05, 0) is 30.5 Å². The van der Waals surface area contributed by atoms with Gasteiger partial charge in [0.15, 0.2) is 5.58 Å². The molecule has 0 atom stereocenters. The highest BCUT2D eigenvalue weighted by atomic mass is 79.9. The van der Waals surface area contributed by atoms with Gasteiger partial charge in [-0.3, -0.25) is 0 Å². The van der Waals surface area contributed by atoms with Gasteiger partial charge in [0.05, 0.1) is 5.69 Å². The molecule has 0 N–H and O–H groups in total. The Hall–Kier alpha value is -0.830. The molecule has 1 aromatic carbocycles. The molecule has 0 amide bonds. The quantitative estimate of drug-likeness (QED) is 0.814. The van der Waals surface area contributed by atoms with E-state index in [2.05, 4.69) is 41.0 Å². The molecule has 2 rings (SSSR count). The van der Waals surface area contributed by atoms with E-state index in [0.29, 0.717) is 5.92 Å². The minimum absolute atomic E-state index is 0.599. The molecular formula is C11H12BrNO. The summed E-state index contributed by atoms with van der Waals surface area (Å²) in [5.74, 6) is 0.599. The van der Waals surface area contributed by atoms with Gasteiger partial charge in [-0.15, -0.1) is 0 Å². The number of fused-ring (bicyclic) bond motifs is 1. The van der Waals surface area contributed by atoms with E-state index in [1.54, 1.807) is 0 Å². The third-order valence-electron chi connectivity index (χ3n) is 2.11. The SMILES string of the molecule is CC(C)Cc1noc2ccc(Br)cc12. The van der Waals surface area contributed by atoms with Crippen molar-refractivity contribution in [1.29, 1.82) is 0 Å². The third-order valence-corrected chi connectivity index (χ3v) is 2.60. The lowest BCUT2D eigenvalue weighted by atomic mass is 10.1. The topological polar surface area (TPSA) is 26.0 Å². The Morgan fingerprint density at radius 2 is 2.21 bits per heavy atom. The first-order valence-corrected chi connectivity index (χ1v) is 5.50. The van der Waals surface area contributed by atoms with E-state index in [1.165, 1.54) is 0 Å². The Morgan fingerprint density at radius 3 is 2.93 bits per heavy atom. The minimum atomic E-state index is 0.599. The number of rotatable bonds is 2. The van der Waals surface area contributed by atoms with Crippen LogP contribution in [0.1, 0.15) is 19.5 Å². The maximum absolute atomic E-state index is 5.23. The van der Waals surface area contributed by atoms with E-state index in [1.807, 2.05) is 12.1 Å². The van der Waals surface area contributed by atoms with E-state index >= 15 is 0 Å². The smallest absolute Gasteiger partial charge is 0.167 e. The van der Waals surface area contributed by atoms with Gasteiger partial charge in [0.1, 0.15) is 0 Å². The summed E-state index contributed by atoms with van der Waals surface area (Å²) < 4.78 is 6.30. The first-order chi connectivity index (χ1) is 6.66. The fourth-order valence-corrected chi connectivity index (χ4v) is 1.86. The molecule has 0 unspecified atom stereocenters. The maximum atomic E-state index is 5.23. The summed E-state index contributed by atoms with van der Waals surface area (Å²) in [5.41, 5.74) is 1.92. The van der Waals surface area contributed by atoms with Crippen molar-refractivity contribution in [1.82, 2.24) is 5.16 Å². The Bertz CT molecular complexity index is 447. The average molecular weight is 254 g/mol. The van der Waals surface area contributed by atoms with Gasteiger partial charge in [0.2, 0.25) is 0 Å². The molecule has 74 valence electrons. The van der Waals surface area contributed by atoms with Crippen LogP contribution in [0.4, 0.5) is 0 Å². The van der Waals surface area contributed by atoms with E-state index in [4.69, 9.17) is 4.52 Å². The molecule has 0 saturated carbocycles. The van der Waals surface area contributed by atoms with Crippen molar-refractivity contribution in [3.8, 4) is 0 Å². The fourth-order valence-electron chi connectivity index (χ4n) is 1.49. The Labute approximate surface area is 91.4 Å². The summed E-state index contributed by atoms with van der Waals surface area (Å²) in [6.45, 7) is 4.36. The molecule has 0 aliphatic heterocycles. The van der Waals surface area contributed by atoms with E-state index in [9.17, 15) is 0 Å². The van der Waals surface area contributed by atoms with Gasteiger partial charge in [-0.1, -0.05) is 34.9 Å². The van der Waals surface area contributed by atoms with Crippen LogP contribution in [0.2, 0.25) is 0 Å². The molecule has 1 heterocycles. The van der Waals surface area contributed by atoms with E-state index in [-0.39, 0.29) is 0 Å². The number of nitrogens with zero attached hydrogens (tertiary/aromatic N) is 1. The van der Waals surface area contributed by atoms with Gasteiger partial charge in [0.25, 0.3) is 0 Å². The number of benzene rings is 1. The molecule has 3 heteroatoms. The molecule has 2 aromatic rings. The first kappa shape index (κ1) is 9.71. The zero-order valence-corrected chi connectivity index (χ0v) is 9.84. The van der Waals surface area contributed by atoms with Crippen molar-refractivity contribution in [2.24, 2.45) is 5.92 Å². The maximum Gasteiger partial charge on any atom is 0.167 e. The Kier molecular flexibility index (Phi) is 2.59. The predicted molar refractivity (Wildman–Crippen MR) is 60.3 cm³/mol. The lowest BCUT2D eigenvalue weighted by Crippen LogP contribution is -1.94. The first-order valence-electron chi connectivity index (χ1n) is 4.70.